The highest BCUT2D eigenvalue weighted by molar-refractivity contribution is 6.31. The van der Waals surface area contributed by atoms with Crippen LogP contribution in [0.5, 0.6) is 0 Å². The lowest BCUT2D eigenvalue weighted by Gasteiger charge is -2.38. The Morgan fingerprint density at radius 3 is 2.46 bits per heavy atom. The number of benzene rings is 2. The molecule has 1 amide bonds. The number of hydrogen-bond donors (Lipinski definition) is 1. The summed E-state index contributed by atoms with van der Waals surface area (Å²) >= 11 is 6.34. The maximum Gasteiger partial charge on any atom is 0.270 e. The fourth-order valence-corrected chi connectivity index (χ4v) is 4.11. The highest BCUT2D eigenvalue weighted by Crippen LogP contribution is 2.28. The summed E-state index contributed by atoms with van der Waals surface area (Å²) in [6.07, 6.45) is 0. The molecule has 1 N–H and O–H groups in total. The van der Waals surface area contributed by atoms with Crippen LogP contribution in [0.15, 0.2) is 59.4 Å². The Kier molecular flexibility index (Phi) is 5.20. The van der Waals surface area contributed by atoms with Gasteiger partial charge in [-0.1, -0.05) is 48.0 Å². The molecule has 5 nitrogen and oxygen atoms in total. The van der Waals surface area contributed by atoms with E-state index in [-0.39, 0.29) is 17.5 Å². The average Bonchev–Trinajstić information content (AvgIpc) is 2.73. The summed E-state index contributed by atoms with van der Waals surface area (Å²) in [5, 5.41) is 2.14. The van der Waals surface area contributed by atoms with Crippen molar-refractivity contribution in [3.63, 3.8) is 0 Å². The number of nitrogens with one attached hydrogen (secondary N) is 1. The Morgan fingerprint density at radius 2 is 1.71 bits per heavy atom. The maximum atomic E-state index is 12.9. The number of hydrogen-bond acceptors (Lipinski definition) is 3. The summed E-state index contributed by atoms with van der Waals surface area (Å²) < 4.78 is 0. The number of pyridine rings is 1. The molecular weight excluding hydrogens is 374 g/mol. The van der Waals surface area contributed by atoms with Crippen molar-refractivity contribution in [3.8, 4) is 0 Å². The third-order valence-electron chi connectivity index (χ3n) is 5.49. The van der Waals surface area contributed by atoms with Crippen LogP contribution in [0.2, 0.25) is 5.02 Å². The third-order valence-corrected chi connectivity index (χ3v) is 5.83. The minimum absolute atomic E-state index is 0.132. The summed E-state index contributed by atoms with van der Waals surface area (Å²) in [6, 6.07) is 17.1. The normalized spacial score (nSPS) is 16.3. The lowest BCUT2D eigenvalue weighted by Crippen LogP contribution is -2.49. The van der Waals surface area contributed by atoms with E-state index in [1.165, 1.54) is 0 Å². The zero-order chi connectivity index (χ0) is 19.7. The summed E-state index contributed by atoms with van der Waals surface area (Å²) in [5.74, 6) is -0.132. The lowest BCUT2D eigenvalue weighted by atomic mass is 10.1. The van der Waals surface area contributed by atoms with Gasteiger partial charge in [0.2, 0.25) is 0 Å². The minimum Gasteiger partial charge on any atom is -0.335 e. The molecule has 1 atom stereocenters. The number of amides is 1. The molecule has 0 spiro atoms. The number of H-pyrrole nitrogens is 1. The summed E-state index contributed by atoms with van der Waals surface area (Å²) in [4.78, 5) is 32.0. The number of nitrogens with zero attached hydrogens (tertiary/aromatic N) is 2. The Hall–Kier alpha value is -2.63. The molecule has 1 unspecified atom stereocenters. The Bertz CT molecular complexity index is 1070. The van der Waals surface area contributed by atoms with Crippen molar-refractivity contribution in [3.05, 3.63) is 81.2 Å². The van der Waals surface area contributed by atoms with E-state index in [9.17, 15) is 9.59 Å². The summed E-state index contributed by atoms with van der Waals surface area (Å²) in [6.45, 7) is 4.89. The second-order valence-electron chi connectivity index (χ2n) is 7.13. The van der Waals surface area contributed by atoms with Gasteiger partial charge in [-0.3, -0.25) is 14.5 Å². The van der Waals surface area contributed by atoms with Crippen molar-refractivity contribution in [1.82, 2.24) is 14.8 Å². The highest BCUT2D eigenvalue weighted by Gasteiger charge is 2.26. The van der Waals surface area contributed by atoms with Crippen molar-refractivity contribution in [2.75, 3.05) is 26.2 Å². The van der Waals surface area contributed by atoms with Crippen LogP contribution < -0.4 is 5.56 Å². The summed E-state index contributed by atoms with van der Waals surface area (Å²) in [7, 11) is 0. The van der Waals surface area contributed by atoms with Crippen LogP contribution in [-0.4, -0.2) is 46.9 Å². The van der Waals surface area contributed by atoms with Crippen LogP contribution in [0.3, 0.4) is 0 Å². The van der Waals surface area contributed by atoms with Crippen LogP contribution in [0.25, 0.3) is 10.8 Å². The van der Waals surface area contributed by atoms with Gasteiger partial charge < -0.3 is 9.88 Å². The first-order chi connectivity index (χ1) is 13.5. The van der Waals surface area contributed by atoms with Crippen molar-refractivity contribution >= 4 is 28.3 Å². The van der Waals surface area contributed by atoms with Gasteiger partial charge in [0.15, 0.2) is 0 Å². The molecule has 6 heteroatoms. The van der Waals surface area contributed by atoms with Crippen molar-refractivity contribution in [2.24, 2.45) is 0 Å². The quantitative estimate of drug-likeness (QED) is 0.735. The van der Waals surface area contributed by atoms with Gasteiger partial charge in [-0.05, 0) is 36.1 Å². The van der Waals surface area contributed by atoms with Gasteiger partial charge in [0.1, 0.15) is 5.69 Å². The molecule has 28 heavy (non-hydrogen) atoms. The molecule has 1 saturated heterocycles. The van der Waals surface area contributed by atoms with E-state index in [1.807, 2.05) is 42.5 Å². The van der Waals surface area contributed by atoms with Gasteiger partial charge >= 0.3 is 0 Å². The van der Waals surface area contributed by atoms with Gasteiger partial charge in [0, 0.05) is 42.6 Å². The molecule has 0 radical (unpaired) electrons. The number of piperazine rings is 1. The molecule has 3 aromatic rings. The molecule has 1 aromatic heterocycles. The van der Waals surface area contributed by atoms with Gasteiger partial charge in [-0.25, -0.2) is 0 Å². The van der Waals surface area contributed by atoms with Crippen LogP contribution in [0.1, 0.15) is 29.0 Å². The molecule has 144 valence electrons. The smallest absolute Gasteiger partial charge is 0.270 e. The van der Waals surface area contributed by atoms with E-state index < -0.39 is 0 Å². The van der Waals surface area contributed by atoms with E-state index >= 15 is 0 Å². The zero-order valence-corrected chi connectivity index (χ0v) is 16.4. The maximum absolute atomic E-state index is 12.9. The number of rotatable bonds is 3. The standard InChI is InChI=1S/C22H22ClN3O2/c1-15(17-7-4-5-9-19(17)23)25-10-12-26(13-11-25)22(28)20-14-16-6-2-3-8-18(16)21(27)24-20/h2-9,14-15H,10-13H2,1H3,(H,24,27). The van der Waals surface area contributed by atoms with Gasteiger partial charge in [0.05, 0.1) is 0 Å². The second kappa shape index (κ2) is 7.78. The molecule has 2 aromatic carbocycles. The topological polar surface area (TPSA) is 56.4 Å². The van der Waals surface area contributed by atoms with E-state index in [2.05, 4.69) is 16.8 Å². The molecular formula is C22H22ClN3O2. The van der Waals surface area contributed by atoms with E-state index in [0.29, 0.717) is 24.2 Å². The molecule has 1 fully saturated rings. The number of aromatic nitrogens is 1. The first kappa shape index (κ1) is 18.7. The first-order valence-corrected chi connectivity index (χ1v) is 9.82. The largest absolute Gasteiger partial charge is 0.335 e. The Labute approximate surface area is 168 Å². The van der Waals surface area contributed by atoms with Crippen LogP contribution in [-0.2, 0) is 0 Å². The molecule has 2 heterocycles. The molecule has 4 rings (SSSR count). The SMILES string of the molecule is CC(c1ccccc1Cl)N1CCN(C(=O)c2cc3ccccc3c(=O)[nH]2)CC1. The van der Waals surface area contributed by atoms with Gasteiger partial charge in [0.25, 0.3) is 11.5 Å². The fourth-order valence-electron chi connectivity index (χ4n) is 3.82. The number of fused-ring (bicyclic) bond motifs is 1. The van der Waals surface area contributed by atoms with Crippen molar-refractivity contribution < 1.29 is 4.79 Å². The van der Waals surface area contributed by atoms with E-state index in [4.69, 9.17) is 11.6 Å². The molecule has 1 aliphatic rings. The predicted molar refractivity (Wildman–Crippen MR) is 112 cm³/mol. The van der Waals surface area contributed by atoms with Crippen LogP contribution in [0.4, 0.5) is 0 Å². The number of carbonyl (C=O) groups excluding carboxylic acids is 1. The molecule has 0 aliphatic carbocycles. The average molecular weight is 396 g/mol. The second-order valence-corrected chi connectivity index (χ2v) is 7.53. The number of halogens is 1. The molecule has 0 bridgehead atoms. The van der Waals surface area contributed by atoms with E-state index in [1.54, 1.807) is 17.0 Å². The molecule has 0 saturated carbocycles. The van der Waals surface area contributed by atoms with E-state index in [0.717, 1.165) is 29.1 Å². The molecule has 1 aliphatic heterocycles. The predicted octanol–water partition coefficient (Wildman–Crippen LogP) is 3.70. The zero-order valence-electron chi connectivity index (χ0n) is 15.7. The van der Waals surface area contributed by atoms with Crippen LogP contribution in [0, 0.1) is 0 Å². The van der Waals surface area contributed by atoms with Gasteiger partial charge in [-0.15, -0.1) is 0 Å². The van der Waals surface area contributed by atoms with Crippen LogP contribution >= 0.6 is 11.6 Å². The lowest BCUT2D eigenvalue weighted by molar-refractivity contribution is 0.0576. The minimum atomic E-state index is -0.229. The Morgan fingerprint density at radius 1 is 1.04 bits per heavy atom. The first-order valence-electron chi connectivity index (χ1n) is 9.44. The monoisotopic (exact) mass is 395 g/mol. The van der Waals surface area contributed by atoms with Crippen molar-refractivity contribution in [1.29, 1.82) is 0 Å². The fraction of sp³-hybridized carbons (Fsp3) is 0.273. The number of carbonyl (C=O) groups is 1. The number of aromatic amines is 1. The summed E-state index contributed by atoms with van der Waals surface area (Å²) in [5.41, 5.74) is 1.21. The van der Waals surface area contributed by atoms with Crippen molar-refractivity contribution in [2.45, 2.75) is 13.0 Å². The third kappa shape index (κ3) is 3.55. The Balaban J connectivity index is 1.47. The highest BCUT2D eigenvalue weighted by atomic mass is 35.5. The van der Waals surface area contributed by atoms with Gasteiger partial charge in [-0.2, -0.15) is 0 Å².